The Labute approximate surface area is 326 Å². The first-order valence-electron chi connectivity index (χ1n) is 17.4. The molecule has 0 aliphatic carbocycles. The summed E-state index contributed by atoms with van der Waals surface area (Å²) in [7, 11) is 0. The third-order valence-electron chi connectivity index (χ3n) is 6.86. The normalized spacial score (nSPS) is 10.2. The van der Waals surface area contributed by atoms with E-state index < -0.39 is 0 Å². The molecule has 0 atom stereocenters. The number of ether oxygens (including phenoxy) is 4. The van der Waals surface area contributed by atoms with Crippen molar-refractivity contribution in [1.82, 2.24) is 0 Å². The molecule has 0 unspecified atom stereocenters. The molecule has 286 valence electrons. The van der Waals surface area contributed by atoms with Gasteiger partial charge in [0.05, 0.1) is 24.6 Å². The highest BCUT2D eigenvalue weighted by Crippen LogP contribution is 2.31. The van der Waals surface area contributed by atoms with Crippen molar-refractivity contribution < 1.29 is 28.6 Å². The number of hydrogen-bond donors (Lipinski definition) is 0. The zero-order valence-electron chi connectivity index (χ0n) is 31.5. The van der Waals surface area contributed by atoms with Crippen LogP contribution in [0.2, 0.25) is 0 Å². The molecule has 0 aliphatic heterocycles. The molecule has 8 nitrogen and oxygen atoms in total. The number of benzene rings is 2. The summed E-state index contributed by atoms with van der Waals surface area (Å²) in [6.45, 7) is 19.2. The van der Waals surface area contributed by atoms with Crippen molar-refractivity contribution >= 4 is 57.8 Å². The Morgan fingerprint density at radius 2 is 0.941 bits per heavy atom. The van der Waals surface area contributed by atoms with E-state index in [2.05, 4.69) is 17.2 Å². The maximum absolute atomic E-state index is 6.02. The van der Waals surface area contributed by atoms with Crippen LogP contribution in [0, 0.1) is 20.8 Å². The van der Waals surface area contributed by atoms with Gasteiger partial charge in [-0.05, 0) is 152 Å². The van der Waals surface area contributed by atoms with E-state index in [1.54, 1.807) is 12.2 Å². The Balaban J connectivity index is 0.000000510. The van der Waals surface area contributed by atoms with Crippen LogP contribution < -0.4 is 18.9 Å². The number of nitrogens with zero attached hydrogens (tertiary/aromatic N) is 2. The largest absolute Gasteiger partial charge is 0.493 e. The molecule has 2 aromatic carbocycles. The minimum Gasteiger partial charge on any atom is -0.493 e. The van der Waals surface area contributed by atoms with Gasteiger partial charge >= 0.3 is 0 Å². The van der Waals surface area contributed by atoms with Gasteiger partial charge in [0.15, 0.2) is 0 Å². The van der Waals surface area contributed by atoms with Gasteiger partial charge in [-0.3, -0.25) is 0 Å². The lowest BCUT2D eigenvalue weighted by molar-refractivity contribution is 0.138. The second kappa shape index (κ2) is 27.8. The summed E-state index contributed by atoms with van der Waals surface area (Å²) in [4.78, 5) is 10.4. The molecule has 51 heavy (non-hydrogen) atoms. The fraction of sp³-hybridized carbons (Fsp3) is 0.538. The molecule has 0 radical (unpaired) electrons. The van der Waals surface area contributed by atoms with E-state index in [0.29, 0.717) is 39.6 Å². The molecule has 0 N–H and O–H groups in total. The second-order valence-corrected chi connectivity index (χ2v) is 14.2. The third-order valence-corrected chi connectivity index (χ3v) is 7.48. The van der Waals surface area contributed by atoms with Crippen molar-refractivity contribution in [3.63, 3.8) is 0 Å². The standard InChI is InChI=1S/C20H29Cl2NO3.C19H27Cl2NO3/c1-5-17-14-18(24-12-9-19(21)22)13-16(4)20(17)25-10-7-6-8-11-26-23-15(2)3;1-14(2)22-25-10-7-5-6-9-24-19-15(3)12-17(13-16(19)4)23-11-8-18(20)21/h9,13-14H,5-8,10-12H2,1-4H3;8,12-13H,5-7,9-11H2,1-4H3. The molecule has 0 spiro atoms. The molecule has 0 aliphatic rings. The van der Waals surface area contributed by atoms with Gasteiger partial charge in [-0.1, -0.05) is 63.6 Å². The minimum absolute atomic E-state index is 0.204. The van der Waals surface area contributed by atoms with Crippen molar-refractivity contribution in [3.8, 4) is 23.0 Å². The third kappa shape index (κ3) is 22.7. The van der Waals surface area contributed by atoms with Gasteiger partial charge in [0.2, 0.25) is 0 Å². The lowest BCUT2D eigenvalue weighted by Crippen LogP contribution is -2.04. The van der Waals surface area contributed by atoms with Crippen LogP contribution in [0.5, 0.6) is 23.0 Å². The Bertz CT molecular complexity index is 1390. The molecule has 0 heterocycles. The van der Waals surface area contributed by atoms with Crippen molar-refractivity contribution in [1.29, 1.82) is 0 Å². The quantitative estimate of drug-likeness (QED) is 0.0634. The lowest BCUT2D eigenvalue weighted by atomic mass is 10.1. The highest BCUT2D eigenvalue weighted by atomic mass is 35.5. The number of halogens is 4. The summed E-state index contributed by atoms with van der Waals surface area (Å²) in [6, 6.07) is 7.90. The molecule has 0 saturated heterocycles. The molecule has 0 bridgehead atoms. The fourth-order valence-electron chi connectivity index (χ4n) is 4.58. The Hall–Kier alpha value is -2.78. The predicted molar refractivity (Wildman–Crippen MR) is 215 cm³/mol. The summed E-state index contributed by atoms with van der Waals surface area (Å²) >= 11 is 22.3. The Kier molecular flexibility index (Phi) is 25.2. The van der Waals surface area contributed by atoms with Crippen molar-refractivity contribution in [2.45, 2.75) is 100 Å². The fourth-order valence-corrected chi connectivity index (χ4v) is 4.83. The molecule has 0 amide bonds. The first-order valence-corrected chi connectivity index (χ1v) is 18.9. The predicted octanol–water partition coefficient (Wildman–Crippen LogP) is 12.2. The van der Waals surface area contributed by atoms with Gasteiger partial charge in [0, 0.05) is 0 Å². The summed E-state index contributed by atoms with van der Waals surface area (Å²) in [5, 5.41) is 7.83. The van der Waals surface area contributed by atoms with Crippen molar-refractivity contribution in [2.24, 2.45) is 10.3 Å². The smallest absolute Gasteiger partial charge is 0.125 e. The van der Waals surface area contributed by atoms with Crippen LogP contribution >= 0.6 is 46.4 Å². The second-order valence-electron chi connectivity index (χ2n) is 12.1. The van der Waals surface area contributed by atoms with E-state index in [1.165, 1.54) is 0 Å². The van der Waals surface area contributed by atoms with Crippen LogP contribution in [-0.4, -0.2) is 51.1 Å². The van der Waals surface area contributed by atoms with Gasteiger partial charge in [0.1, 0.15) is 58.4 Å². The molecular formula is C39H56Cl4N2O6. The molecular weight excluding hydrogens is 734 g/mol. The van der Waals surface area contributed by atoms with Gasteiger partial charge in [0.25, 0.3) is 0 Å². The van der Waals surface area contributed by atoms with Gasteiger partial charge in [-0.2, -0.15) is 0 Å². The summed E-state index contributed by atoms with van der Waals surface area (Å²) < 4.78 is 23.6. The van der Waals surface area contributed by atoms with Crippen LogP contribution in [0.1, 0.15) is 95.4 Å². The Morgan fingerprint density at radius 1 is 0.549 bits per heavy atom. The molecule has 2 rings (SSSR count). The Morgan fingerprint density at radius 3 is 1.35 bits per heavy atom. The van der Waals surface area contributed by atoms with Crippen LogP contribution in [0.4, 0.5) is 0 Å². The highest BCUT2D eigenvalue weighted by Gasteiger charge is 2.10. The number of rotatable bonds is 23. The van der Waals surface area contributed by atoms with Crippen LogP contribution in [-0.2, 0) is 16.1 Å². The molecule has 12 heteroatoms. The van der Waals surface area contributed by atoms with E-state index in [9.17, 15) is 0 Å². The van der Waals surface area contributed by atoms with E-state index in [4.69, 9.17) is 75.0 Å². The molecule has 0 fully saturated rings. The van der Waals surface area contributed by atoms with Gasteiger partial charge in [-0.25, -0.2) is 0 Å². The minimum atomic E-state index is 0.204. The molecule has 2 aromatic rings. The average molecular weight is 791 g/mol. The highest BCUT2D eigenvalue weighted by molar-refractivity contribution is 6.56. The SMILES string of the molecule is CC(C)=NOCCCCCOc1c(C)cc(OCC=C(Cl)Cl)cc1C.CCc1cc(OCC=C(Cl)Cl)cc(C)c1OCCCCCON=C(C)C. The maximum Gasteiger partial charge on any atom is 0.125 e. The van der Waals surface area contributed by atoms with Crippen LogP contribution in [0.3, 0.4) is 0 Å². The lowest BCUT2D eigenvalue weighted by Gasteiger charge is -2.15. The molecule has 0 saturated carbocycles. The zero-order chi connectivity index (χ0) is 38.0. The zero-order valence-corrected chi connectivity index (χ0v) is 34.5. The van der Waals surface area contributed by atoms with Crippen LogP contribution in [0.15, 0.2) is 55.7 Å². The summed E-state index contributed by atoms with van der Waals surface area (Å²) in [5.74, 6) is 3.44. The number of unbranched alkanes of at least 4 members (excludes halogenated alkanes) is 4. The average Bonchev–Trinajstić information content (AvgIpc) is 3.04. The van der Waals surface area contributed by atoms with Crippen molar-refractivity contribution in [2.75, 3.05) is 39.6 Å². The van der Waals surface area contributed by atoms with E-state index in [1.807, 2.05) is 72.7 Å². The first-order chi connectivity index (χ1) is 24.3. The first kappa shape index (κ1) is 46.2. The number of oxime groups is 2. The van der Waals surface area contributed by atoms with Crippen molar-refractivity contribution in [3.05, 3.63) is 67.7 Å². The number of hydrogen-bond acceptors (Lipinski definition) is 8. The van der Waals surface area contributed by atoms with Crippen LogP contribution in [0.25, 0.3) is 0 Å². The van der Waals surface area contributed by atoms with Gasteiger partial charge in [-0.15, -0.1) is 0 Å². The maximum atomic E-state index is 6.02. The number of aryl methyl sites for hydroxylation is 4. The topological polar surface area (TPSA) is 80.1 Å². The summed E-state index contributed by atoms with van der Waals surface area (Å²) in [6.07, 6.45) is 10.1. The van der Waals surface area contributed by atoms with E-state index in [0.717, 1.165) is 102 Å². The molecule has 0 aromatic heterocycles. The van der Waals surface area contributed by atoms with E-state index >= 15 is 0 Å². The summed E-state index contributed by atoms with van der Waals surface area (Å²) in [5.41, 5.74) is 6.17. The monoisotopic (exact) mass is 788 g/mol. The van der Waals surface area contributed by atoms with Gasteiger partial charge < -0.3 is 28.6 Å². The van der Waals surface area contributed by atoms with E-state index in [-0.39, 0.29) is 8.98 Å².